The van der Waals surface area contributed by atoms with Gasteiger partial charge < -0.3 is 11.1 Å². The van der Waals surface area contributed by atoms with Crippen LogP contribution in [0.25, 0.3) is 0 Å². The first kappa shape index (κ1) is 9.66. The van der Waals surface area contributed by atoms with Gasteiger partial charge in [-0.1, -0.05) is 0 Å². The Kier molecular flexibility index (Phi) is 2.64. The summed E-state index contributed by atoms with van der Waals surface area (Å²) in [5.74, 6) is 0.581. The third-order valence-electron chi connectivity index (χ3n) is 1.75. The molecule has 0 aliphatic heterocycles. The first-order valence-corrected chi connectivity index (χ1v) is 5.17. The summed E-state index contributed by atoms with van der Waals surface area (Å²) in [6, 6.07) is 1.76. The number of amides is 1. The van der Waals surface area contributed by atoms with Crippen molar-refractivity contribution in [1.29, 1.82) is 0 Å². The largest absolute Gasteiger partial charge is 0.367 e. The highest BCUT2D eigenvalue weighted by molar-refractivity contribution is 7.08. The van der Waals surface area contributed by atoms with Crippen LogP contribution in [0.5, 0.6) is 0 Å². The maximum absolute atomic E-state index is 11.5. The lowest BCUT2D eigenvalue weighted by Crippen LogP contribution is -2.22. The summed E-state index contributed by atoms with van der Waals surface area (Å²) < 4.78 is 0. The SMILES string of the molecule is Nc1n[nH]c(CNC(=O)c2ccsc2)n1. The molecule has 2 rings (SSSR count). The molecule has 0 bridgehead atoms. The van der Waals surface area contributed by atoms with Gasteiger partial charge in [-0.15, -0.1) is 5.10 Å². The average Bonchev–Trinajstić information content (AvgIpc) is 2.84. The van der Waals surface area contributed by atoms with Crippen LogP contribution in [-0.4, -0.2) is 21.1 Å². The molecule has 2 heterocycles. The summed E-state index contributed by atoms with van der Waals surface area (Å²) in [5, 5.41) is 12.6. The van der Waals surface area contributed by atoms with Gasteiger partial charge in [0.25, 0.3) is 5.91 Å². The number of rotatable bonds is 3. The van der Waals surface area contributed by atoms with Crippen LogP contribution in [0, 0.1) is 0 Å². The fraction of sp³-hybridized carbons (Fsp3) is 0.125. The summed E-state index contributed by atoms with van der Waals surface area (Å²) in [7, 11) is 0. The van der Waals surface area contributed by atoms with Crippen LogP contribution in [0.3, 0.4) is 0 Å². The van der Waals surface area contributed by atoms with Crippen molar-refractivity contribution in [2.45, 2.75) is 6.54 Å². The normalized spacial score (nSPS) is 10.1. The maximum atomic E-state index is 11.5. The summed E-state index contributed by atoms with van der Waals surface area (Å²) in [6.45, 7) is 0.291. The zero-order valence-corrected chi connectivity index (χ0v) is 8.54. The van der Waals surface area contributed by atoms with Crippen molar-refractivity contribution in [1.82, 2.24) is 20.5 Å². The Labute approximate surface area is 89.5 Å². The van der Waals surface area contributed by atoms with E-state index in [1.807, 2.05) is 5.38 Å². The Morgan fingerprint density at radius 2 is 2.53 bits per heavy atom. The van der Waals surface area contributed by atoms with Crippen molar-refractivity contribution < 1.29 is 4.79 Å². The number of nitrogens with zero attached hydrogens (tertiary/aromatic N) is 2. The van der Waals surface area contributed by atoms with Crippen LogP contribution in [0.15, 0.2) is 16.8 Å². The summed E-state index contributed by atoms with van der Waals surface area (Å²) in [5.41, 5.74) is 5.96. The molecule has 0 aliphatic carbocycles. The highest BCUT2D eigenvalue weighted by Crippen LogP contribution is 2.05. The van der Waals surface area contributed by atoms with Gasteiger partial charge in [0.2, 0.25) is 5.95 Å². The number of aromatic amines is 1. The second-order valence-corrected chi connectivity index (χ2v) is 3.62. The lowest BCUT2D eigenvalue weighted by Gasteiger charge is -1.99. The lowest BCUT2D eigenvalue weighted by atomic mass is 10.3. The predicted molar refractivity (Wildman–Crippen MR) is 56.3 cm³/mol. The molecule has 0 aromatic carbocycles. The van der Waals surface area contributed by atoms with Gasteiger partial charge in [-0.2, -0.15) is 16.3 Å². The first-order valence-electron chi connectivity index (χ1n) is 4.23. The molecule has 0 unspecified atom stereocenters. The molecule has 4 N–H and O–H groups in total. The van der Waals surface area contributed by atoms with E-state index < -0.39 is 0 Å². The molecule has 0 saturated carbocycles. The summed E-state index contributed by atoms with van der Waals surface area (Å²) in [4.78, 5) is 15.4. The van der Waals surface area contributed by atoms with Crippen LogP contribution >= 0.6 is 11.3 Å². The standard InChI is InChI=1S/C8H9N5OS/c9-8-11-6(12-13-8)3-10-7(14)5-1-2-15-4-5/h1-2,4H,3H2,(H,10,14)(H3,9,11,12,13). The van der Waals surface area contributed by atoms with Gasteiger partial charge >= 0.3 is 0 Å². The minimum absolute atomic E-state index is 0.133. The Bertz CT molecular complexity index is 449. The number of hydrogen-bond donors (Lipinski definition) is 3. The van der Waals surface area contributed by atoms with Crippen LogP contribution in [0.2, 0.25) is 0 Å². The minimum Gasteiger partial charge on any atom is -0.367 e. The molecule has 78 valence electrons. The molecule has 6 nitrogen and oxygen atoms in total. The number of nitrogens with two attached hydrogens (primary N) is 1. The molecule has 0 saturated heterocycles. The Hall–Kier alpha value is -1.89. The minimum atomic E-state index is -0.133. The van der Waals surface area contributed by atoms with E-state index in [4.69, 9.17) is 5.73 Å². The van der Waals surface area contributed by atoms with E-state index in [2.05, 4.69) is 20.5 Å². The molecular weight excluding hydrogens is 214 g/mol. The Morgan fingerprint density at radius 1 is 1.67 bits per heavy atom. The van der Waals surface area contributed by atoms with Crippen LogP contribution in [0.1, 0.15) is 16.2 Å². The number of hydrogen-bond acceptors (Lipinski definition) is 5. The van der Waals surface area contributed by atoms with Crippen molar-refractivity contribution in [2.75, 3.05) is 5.73 Å². The third kappa shape index (κ3) is 2.32. The molecule has 0 spiro atoms. The number of nitrogen functional groups attached to an aromatic ring is 1. The van der Waals surface area contributed by atoms with Gasteiger partial charge in [-0.25, -0.2) is 0 Å². The van der Waals surface area contributed by atoms with E-state index in [9.17, 15) is 4.79 Å². The summed E-state index contributed by atoms with van der Waals surface area (Å²) >= 11 is 1.48. The topological polar surface area (TPSA) is 96.7 Å². The molecule has 0 atom stereocenters. The van der Waals surface area contributed by atoms with Crippen LogP contribution < -0.4 is 11.1 Å². The second-order valence-electron chi connectivity index (χ2n) is 2.84. The molecule has 1 amide bonds. The van der Waals surface area contributed by atoms with Crippen LogP contribution in [0.4, 0.5) is 5.95 Å². The lowest BCUT2D eigenvalue weighted by molar-refractivity contribution is 0.0950. The van der Waals surface area contributed by atoms with E-state index in [0.29, 0.717) is 17.9 Å². The van der Waals surface area contributed by atoms with E-state index in [1.165, 1.54) is 11.3 Å². The molecule has 7 heteroatoms. The second kappa shape index (κ2) is 4.09. The highest BCUT2D eigenvalue weighted by Gasteiger charge is 2.06. The van der Waals surface area contributed by atoms with Crippen LogP contribution in [-0.2, 0) is 6.54 Å². The zero-order chi connectivity index (χ0) is 10.7. The number of H-pyrrole nitrogens is 1. The van der Waals surface area contributed by atoms with E-state index in [0.717, 1.165) is 0 Å². The third-order valence-corrected chi connectivity index (χ3v) is 2.43. The van der Waals surface area contributed by atoms with Gasteiger partial charge in [0, 0.05) is 10.9 Å². The molecule has 0 fully saturated rings. The molecule has 2 aromatic rings. The Balaban J connectivity index is 1.91. The van der Waals surface area contributed by atoms with Crippen molar-refractivity contribution in [3.05, 3.63) is 28.2 Å². The predicted octanol–water partition coefficient (Wildman–Crippen LogP) is 0.378. The number of carbonyl (C=O) groups excluding carboxylic acids is 1. The zero-order valence-electron chi connectivity index (χ0n) is 7.73. The van der Waals surface area contributed by atoms with Crippen molar-refractivity contribution >= 4 is 23.2 Å². The van der Waals surface area contributed by atoms with Gasteiger partial charge in [0.15, 0.2) is 0 Å². The van der Waals surface area contributed by atoms with E-state index in [-0.39, 0.29) is 11.9 Å². The molecule has 15 heavy (non-hydrogen) atoms. The van der Waals surface area contributed by atoms with E-state index >= 15 is 0 Å². The first-order chi connectivity index (χ1) is 7.25. The number of aromatic nitrogens is 3. The average molecular weight is 223 g/mol. The molecule has 0 radical (unpaired) electrons. The van der Waals surface area contributed by atoms with Gasteiger partial charge in [-0.3, -0.25) is 9.89 Å². The smallest absolute Gasteiger partial charge is 0.252 e. The van der Waals surface area contributed by atoms with Crippen molar-refractivity contribution in [2.24, 2.45) is 0 Å². The van der Waals surface area contributed by atoms with Crippen molar-refractivity contribution in [3.8, 4) is 0 Å². The molecular formula is C8H9N5OS. The molecule has 0 aliphatic rings. The Morgan fingerprint density at radius 3 is 3.13 bits per heavy atom. The van der Waals surface area contributed by atoms with Gasteiger partial charge in [0.05, 0.1) is 6.54 Å². The number of anilines is 1. The monoisotopic (exact) mass is 223 g/mol. The molecule has 2 aromatic heterocycles. The number of nitrogens with one attached hydrogen (secondary N) is 2. The quantitative estimate of drug-likeness (QED) is 0.700. The fourth-order valence-corrected chi connectivity index (χ4v) is 1.68. The van der Waals surface area contributed by atoms with Crippen molar-refractivity contribution in [3.63, 3.8) is 0 Å². The summed E-state index contributed by atoms with van der Waals surface area (Å²) in [6.07, 6.45) is 0. The number of carbonyl (C=O) groups is 1. The van der Waals surface area contributed by atoms with Gasteiger partial charge in [0.1, 0.15) is 5.82 Å². The van der Waals surface area contributed by atoms with Gasteiger partial charge in [-0.05, 0) is 11.4 Å². The maximum Gasteiger partial charge on any atom is 0.252 e. The number of thiophene rings is 1. The fourth-order valence-electron chi connectivity index (χ4n) is 1.05. The van der Waals surface area contributed by atoms with E-state index in [1.54, 1.807) is 11.4 Å². The highest BCUT2D eigenvalue weighted by atomic mass is 32.1.